The van der Waals surface area contributed by atoms with Gasteiger partial charge in [0.25, 0.3) is 5.56 Å². The molecule has 1 saturated carbocycles. The Hall–Kier alpha value is -2.17. The molecule has 24 heavy (non-hydrogen) atoms. The van der Waals surface area contributed by atoms with E-state index in [0.717, 1.165) is 12.8 Å². The summed E-state index contributed by atoms with van der Waals surface area (Å²) in [4.78, 5) is 31.4. The third-order valence-corrected chi connectivity index (χ3v) is 4.70. The number of benzene rings is 1. The van der Waals surface area contributed by atoms with Gasteiger partial charge < -0.3 is 10.3 Å². The van der Waals surface area contributed by atoms with E-state index in [1.165, 1.54) is 25.7 Å². The number of H-pyrrole nitrogens is 1. The van der Waals surface area contributed by atoms with Crippen LogP contribution in [0.25, 0.3) is 10.9 Å². The molecule has 0 bridgehead atoms. The van der Waals surface area contributed by atoms with Gasteiger partial charge in [-0.05, 0) is 31.4 Å². The third kappa shape index (κ3) is 4.43. The third-order valence-electron chi connectivity index (χ3n) is 4.70. The van der Waals surface area contributed by atoms with Crippen LogP contribution in [0, 0.1) is 0 Å². The molecule has 5 heteroatoms. The van der Waals surface area contributed by atoms with Gasteiger partial charge in [0, 0.05) is 18.9 Å². The molecule has 0 saturated heterocycles. The average molecular weight is 327 g/mol. The fraction of sp³-hybridized carbons (Fsp3) is 0.526. The lowest BCUT2D eigenvalue weighted by molar-refractivity contribution is -0.121. The maximum atomic E-state index is 12.1. The number of hydrogen-bond acceptors (Lipinski definition) is 3. The van der Waals surface area contributed by atoms with Crippen molar-refractivity contribution in [2.24, 2.45) is 0 Å². The summed E-state index contributed by atoms with van der Waals surface area (Å²) >= 11 is 0. The maximum Gasteiger partial charge on any atom is 0.258 e. The summed E-state index contributed by atoms with van der Waals surface area (Å²) < 4.78 is 0. The number of hydrogen-bond donors (Lipinski definition) is 2. The lowest BCUT2D eigenvalue weighted by Gasteiger charge is -2.16. The molecule has 3 rings (SSSR count). The minimum atomic E-state index is -0.112. The quantitative estimate of drug-likeness (QED) is 0.829. The van der Waals surface area contributed by atoms with Crippen molar-refractivity contribution in [1.29, 1.82) is 0 Å². The predicted octanol–water partition coefficient (Wildman–Crippen LogP) is 3.08. The molecule has 2 aromatic rings. The second-order valence-corrected chi connectivity index (χ2v) is 6.64. The Labute approximate surface area is 141 Å². The average Bonchev–Trinajstić information content (AvgIpc) is 2.83. The summed E-state index contributed by atoms with van der Waals surface area (Å²) in [7, 11) is 0. The molecule has 1 aliphatic carbocycles. The number of amides is 1. The Morgan fingerprint density at radius 3 is 2.71 bits per heavy atom. The van der Waals surface area contributed by atoms with E-state index >= 15 is 0 Å². The first-order chi connectivity index (χ1) is 11.7. The van der Waals surface area contributed by atoms with Crippen molar-refractivity contribution < 1.29 is 4.79 Å². The number of aromatic amines is 1. The van der Waals surface area contributed by atoms with Crippen molar-refractivity contribution in [2.45, 2.75) is 63.8 Å². The lowest BCUT2D eigenvalue weighted by atomic mass is 10.1. The van der Waals surface area contributed by atoms with Crippen LogP contribution in [-0.2, 0) is 11.2 Å². The molecule has 128 valence electrons. The molecule has 1 amide bonds. The highest BCUT2D eigenvalue weighted by molar-refractivity contribution is 5.77. The number of para-hydroxylation sites is 1. The molecule has 2 N–H and O–H groups in total. The van der Waals surface area contributed by atoms with Crippen molar-refractivity contribution in [3.8, 4) is 0 Å². The number of rotatable bonds is 5. The standard InChI is InChI=1S/C19H25N3O2/c23-18(20-14-8-3-1-2-4-9-14)13-7-12-17-21-16-11-6-5-10-15(16)19(24)22-17/h5-6,10-11,14H,1-4,7-9,12-13H2,(H,20,23)(H,21,22,24). The van der Waals surface area contributed by atoms with Gasteiger partial charge in [0.1, 0.15) is 5.82 Å². The van der Waals surface area contributed by atoms with E-state index in [0.29, 0.717) is 42.0 Å². The van der Waals surface area contributed by atoms with Crippen molar-refractivity contribution in [1.82, 2.24) is 15.3 Å². The van der Waals surface area contributed by atoms with Crippen LogP contribution in [0.5, 0.6) is 0 Å². The van der Waals surface area contributed by atoms with Gasteiger partial charge in [-0.1, -0.05) is 37.8 Å². The molecule has 1 fully saturated rings. The fourth-order valence-corrected chi connectivity index (χ4v) is 3.39. The minimum absolute atomic E-state index is 0.112. The SMILES string of the molecule is O=C(CCCc1nc2ccccc2c(=O)[nH]1)NC1CCCCCC1. The molecule has 0 unspecified atom stereocenters. The van der Waals surface area contributed by atoms with Gasteiger partial charge >= 0.3 is 0 Å². The molecule has 0 radical (unpaired) electrons. The van der Waals surface area contributed by atoms with Crippen LogP contribution in [0.3, 0.4) is 0 Å². The van der Waals surface area contributed by atoms with Gasteiger partial charge in [-0.2, -0.15) is 0 Å². The summed E-state index contributed by atoms with van der Waals surface area (Å²) in [5.74, 6) is 0.769. The first-order valence-corrected chi connectivity index (χ1v) is 9.00. The van der Waals surface area contributed by atoms with Gasteiger partial charge in [-0.3, -0.25) is 9.59 Å². The van der Waals surface area contributed by atoms with E-state index in [9.17, 15) is 9.59 Å². The normalized spacial score (nSPS) is 16.0. The van der Waals surface area contributed by atoms with E-state index in [1.54, 1.807) is 6.07 Å². The van der Waals surface area contributed by atoms with Gasteiger partial charge in [-0.25, -0.2) is 4.98 Å². The van der Waals surface area contributed by atoms with Crippen LogP contribution < -0.4 is 10.9 Å². The second kappa shape index (κ2) is 8.08. The predicted molar refractivity (Wildman–Crippen MR) is 94.9 cm³/mol. The number of aryl methyl sites for hydroxylation is 1. The smallest absolute Gasteiger partial charge is 0.258 e. The summed E-state index contributed by atoms with van der Waals surface area (Å²) in [6, 6.07) is 7.66. The van der Waals surface area contributed by atoms with Crippen LogP contribution in [0.4, 0.5) is 0 Å². The van der Waals surface area contributed by atoms with Crippen LogP contribution in [0.1, 0.15) is 57.2 Å². The summed E-state index contributed by atoms with van der Waals surface area (Å²) in [5, 5.41) is 3.76. The largest absolute Gasteiger partial charge is 0.353 e. The van der Waals surface area contributed by atoms with E-state index in [4.69, 9.17) is 0 Å². The summed E-state index contributed by atoms with van der Waals surface area (Å²) in [5.41, 5.74) is 0.595. The second-order valence-electron chi connectivity index (χ2n) is 6.64. The van der Waals surface area contributed by atoms with Crippen molar-refractivity contribution >= 4 is 16.8 Å². The van der Waals surface area contributed by atoms with Crippen LogP contribution in [0.2, 0.25) is 0 Å². The molecule has 0 atom stereocenters. The number of fused-ring (bicyclic) bond motifs is 1. The number of aromatic nitrogens is 2. The Morgan fingerprint density at radius 2 is 1.92 bits per heavy atom. The van der Waals surface area contributed by atoms with Crippen molar-refractivity contribution in [2.75, 3.05) is 0 Å². The number of carbonyl (C=O) groups is 1. The van der Waals surface area contributed by atoms with Gasteiger partial charge in [0.05, 0.1) is 10.9 Å². The fourth-order valence-electron chi connectivity index (χ4n) is 3.39. The van der Waals surface area contributed by atoms with E-state index < -0.39 is 0 Å². The van der Waals surface area contributed by atoms with Crippen LogP contribution >= 0.6 is 0 Å². The van der Waals surface area contributed by atoms with Crippen LogP contribution in [0.15, 0.2) is 29.1 Å². The Kier molecular flexibility index (Phi) is 5.62. The van der Waals surface area contributed by atoms with Gasteiger partial charge in [0.15, 0.2) is 0 Å². The minimum Gasteiger partial charge on any atom is -0.353 e. The van der Waals surface area contributed by atoms with Crippen LogP contribution in [-0.4, -0.2) is 21.9 Å². The molecule has 1 aromatic carbocycles. The summed E-state index contributed by atoms with van der Waals surface area (Å²) in [6.07, 6.45) is 8.99. The van der Waals surface area contributed by atoms with Gasteiger partial charge in [-0.15, -0.1) is 0 Å². The topological polar surface area (TPSA) is 74.8 Å². The highest BCUT2D eigenvalue weighted by Gasteiger charge is 2.14. The molecule has 1 aliphatic rings. The maximum absolute atomic E-state index is 12.1. The van der Waals surface area contributed by atoms with Crippen molar-refractivity contribution in [3.63, 3.8) is 0 Å². The Morgan fingerprint density at radius 1 is 1.17 bits per heavy atom. The monoisotopic (exact) mass is 327 g/mol. The zero-order chi connectivity index (χ0) is 16.8. The molecule has 1 aromatic heterocycles. The Balaban J connectivity index is 1.50. The molecule has 5 nitrogen and oxygen atoms in total. The molecular formula is C19H25N3O2. The number of carbonyl (C=O) groups excluding carboxylic acids is 1. The number of nitrogens with one attached hydrogen (secondary N) is 2. The summed E-state index contributed by atoms with van der Waals surface area (Å²) in [6.45, 7) is 0. The highest BCUT2D eigenvalue weighted by Crippen LogP contribution is 2.17. The first-order valence-electron chi connectivity index (χ1n) is 9.00. The van der Waals surface area contributed by atoms with E-state index in [1.807, 2.05) is 18.2 Å². The molecule has 0 aliphatic heterocycles. The van der Waals surface area contributed by atoms with Gasteiger partial charge in [0.2, 0.25) is 5.91 Å². The zero-order valence-corrected chi connectivity index (χ0v) is 14.0. The lowest BCUT2D eigenvalue weighted by Crippen LogP contribution is -2.34. The zero-order valence-electron chi connectivity index (χ0n) is 14.0. The number of nitrogens with zero attached hydrogens (tertiary/aromatic N) is 1. The van der Waals surface area contributed by atoms with E-state index in [2.05, 4.69) is 15.3 Å². The Bertz CT molecular complexity index is 746. The van der Waals surface area contributed by atoms with Crippen molar-refractivity contribution in [3.05, 3.63) is 40.4 Å². The highest BCUT2D eigenvalue weighted by atomic mass is 16.1. The molecule has 0 spiro atoms. The molecular weight excluding hydrogens is 302 g/mol. The first kappa shape index (κ1) is 16.7. The molecule has 1 heterocycles. The van der Waals surface area contributed by atoms with E-state index in [-0.39, 0.29) is 11.5 Å².